The number of nitrogens with two attached hydrogens (primary N) is 2. The average Bonchev–Trinajstić information content (AvgIpc) is 3.16. The summed E-state index contributed by atoms with van der Waals surface area (Å²) in [5.74, 6) is 3.66. The summed E-state index contributed by atoms with van der Waals surface area (Å²) in [6, 6.07) is 15.7. The van der Waals surface area contributed by atoms with Gasteiger partial charge in [-0.2, -0.15) is 48.8 Å². The van der Waals surface area contributed by atoms with Crippen LogP contribution in [0.4, 0.5) is 0 Å². The van der Waals surface area contributed by atoms with Gasteiger partial charge in [-0.3, -0.25) is 29.8 Å². The number of benzene rings is 2. The first-order valence-electron chi connectivity index (χ1n) is 16.1. The summed E-state index contributed by atoms with van der Waals surface area (Å²) in [5.41, 5.74) is 15.9. The number of carbonyl (C=O) groups excluding carboxylic acids is 4. The van der Waals surface area contributed by atoms with Gasteiger partial charge < -0.3 is 22.1 Å². The Balaban J connectivity index is 0.000000413. The maximum absolute atomic E-state index is 12.4. The molecule has 2 aliphatic rings. The van der Waals surface area contributed by atoms with Crippen LogP contribution in [-0.4, -0.2) is 111 Å². The minimum atomic E-state index is -0.463. The van der Waals surface area contributed by atoms with Gasteiger partial charge in [-0.25, -0.2) is 0 Å². The topological polar surface area (TPSA) is 168 Å². The number of halogens is 2. The Morgan fingerprint density at radius 1 is 0.840 bits per heavy atom. The maximum Gasteiger partial charge on any atom is 0.164 e. The number of hydrogen-bond donors (Lipinski definition) is 8. The van der Waals surface area contributed by atoms with E-state index in [4.69, 9.17) is 11.5 Å². The van der Waals surface area contributed by atoms with Crippen LogP contribution in [-0.2, 0) is 41.3 Å². The third-order valence-corrected chi connectivity index (χ3v) is 11.8. The molecule has 2 aliphatic heterocycles. The van der Waals surface area contributed by atoms with Crippen molar-refractivity contribution in [1.82, 2.24) is 21.3 Å². The van der Waals surface area contributed by atoms with Gasteiger partial charge in [-0.1, -0.05) is 80.4 Å². The van der Waals surface area contributed by atoms with Crippen LogP contribution in [0.3, 0.4) is 0 Å². The average molecular weight is 897 g/mol. The number of fused-ring (bicyclic) bond motifs is 12. The Morgan fingerprint density at radius 2 is 1.36 bits per heavy atom. The Kier molecular flexibility index (Phi) is 27.1. The molecule has 0 saturated heterocycles. The number of thiol groups is 2. The van der Waals surface area contributed by atoms with Crippen LogP contribution in [0.1, 0.15) is 22.3 Å². The van der Waals surface area contributed by atoms with Gasteiger partial charge >= 0.3 is 0 Å². The lowest BCUT2D eigenvalue weighted by Crippen LogP contribution is -2.48. The van der Waals surface area contributed by atoms with E-state index in [1.54, 1.807) is 37.6 Å². The molecule has 2 heterocycles. The maximum atomic E-state index is 12.4. The van der Waals surface area contributed by atoms with Crippen molar-refractivity contribution < 1.29 is 19.2 Å². The summed E-state index contributed by atoms with van der Waals surface area (Å²) in [7, 11) is 3.49. The fraction of sp³-hybridized carbons (Fsp3) is 0.529. The lowest BCUT2D eigenvalue weighted by atomic mass is 10.1. The Morgan fingerprint density at radius 3 is 1.78 bits per heavy atom. The van der Waals surface area contributed by atoms with Crippen molar-refractivity contribution in [2.24, 2.45) is 11.5 Å². The molecule has 2 aromatic carbocycles. The predicted octanol–water partition coefficient (Wildman–Crippen LogP) is 2.78. The van der Waals surface area contributed by atoms with Crippen molar-refractivity contribution in [3.63, 3.8) is 0 Å². The highest BCUT2D eigenvalue weighted by Gasteiger charge is 2.22. The molecule has 0 aromatic heterocycles. The van der Waals surface area contributed by atoms with Crippen molar-refractivity contribution in [3.05, 3.63) is 70.8 Å². The molecule has 4 rings (SSSR count). The minimum absolute atomic E-state index is 0.00752. The Labute approximate surface area is 333 Å². The third kappa shape index (κ3) is 18.8. The zero-order valence-corrected chi connectivity index (χ0v) is 35.3. The van der Waals surface area contributed by atoms with E-state index in [0.29, 0.717) is 23.0 Å². The second-order valence-electron chi connectivity index (χ2n) is 11.1. The fourth-order valence-electron chi connectivity index (χ4n) is 4.25. The van der Waals surface area contributed by atoms with Crippen molar-refractivity contribution in [2.45, 2.75) is 46.3 Å². The van der Waals surface area contributed by atoms with Gasteiger partial charge in [0.25, 0.3) is 0 Å². The van der Waals surface area contributed by atoms with Gasteiger partial charge in [-0.05, 0) is 36.3 Å². The molecule has 16 heteroatoms. The summed E-state index contributed by atoms with van der Waals surface area (Å²) in [5, 5.41) is 13.7. The van der Waals surface area contributed by atoms with E-state index >= 15 is 0 Å². The first-order chi connectivity index (χ1) is 24.1. The molecule has 0 spiro atoms. The molecule has 0 fully saturated rings. The van der Waals surface area contributed by atoms with Crippen LogP contribution in [0, 0.1) is 0 Å². The zero-order valence-electron chi connectivity index (χ0n) is 28.7. The van der Waals surface area contributed by atoms with Crippen LogP contribution in [0.15, 0.2) is 48.5 Å². The van der Waals surface area contributed by atoms with E-state index in [1.807, 2.05) is 0 Å². The molecular weight excluding hydrogens is 844 g/mol. The predicted molar refractivity (Wildman–Crippen MR) is 226 cm³/mol. The molecule has 4 atom stereocenters. The second kappa shape index (κ2) is 28.7. The number of carbonyl (C=O) groups is 4. The van der Waals surface area contributed by atoms with E-state index in [0.717, 1.165) is 22.2 Å². The van der Waals surface area contributed by atoms with Crippen LogP contribution in [0.2, 0.25) is 0 Å². The standard InChI is InChI=1S/C17H25N3O2S2.C9H19N3O2S2.C8H8Br2/c1-19-14-10-23-8-12-2-4-13(5-3-12)9-24-11-15(16(21)6-18)20-7-17(14)22;1-11-6(4-15)9(14)3-12-7(5-16)8(13)2-10;9-5-7-1-2-8(6-10)4-3-7/h2-5,14-15,19-20H,6-11,18H2,1H3;6-7,11-12,15-16H,2-5,10H2,1H3;1-4H,5-6H2/t14-,15-;6-,7-;/m00./s1. The lowest BCUT2D eigenvalue weighted by Gasteiger charge is -2.19. The number of thioether (sulfide) groups is 2. The van der Waals surface area contributed by atoms with Gasteiger partial charge in [0.05, 0.1) is 50.3 Å². The van der Waals surface area contributed by atoms with Crippen molar-refractivity contribution >= 4 is 104 Å². The summed E-state index contributed by atoms with van der Waals surface area (Å²) in [6.45, 7) is 0.247. The van der Waals surface area contributed by atoms with Gasteiger partial charge in [0.15, 0.2) is 23.1 Å². The van der Waals surface area contributed by atoms with Crippen LogP contribution < -0.4 is 32.7 Å². The van der Waals surface area contributed by atoms with Crippen LogP contribution in [0.5, 0.6) is 0 Å². The van der Waals surface area contributed by atoms with E-state index in [1.165, 1.54) is 22.3 Å². The largest absolute Gasteiger partial charge is 0.324 e. The highest BCUT2D eigenvalue weighted by atomic mass is 79.9. The monoisotopic (exact) mass is 894 g/mol. The molecule has 2 aromatic rings. The number of likely N-dealkylation sites (N-methyl/N-ethyl adjacent to an activating group) is 2. The number of Topliss-reactive ketones (excluding diaryl/α,β-unsaturated/α-hetero) is 4. The SMILES string of the molecule is BrCc1ccc(CBr)cc1.CN[C@@H](CS)C(=O)CN[C@@H](CS)C(=O)CN.CN[C@H]1CSCc2ccc(cc2)CSC[C@@H](C(=O)CN)NCC1=O. The molecular formula is C34H52Br2N6O4S4. The fourth-order valence-corrected chi connectivity index (χ4v) is 7.94. The summed E-state index contributed by atoms with van der Waals surface area (Å²) < 4.78 is 0. The Hall–Kier alpha value is -0.760. The molecule has 10 nitrogen and oxygen atoms in total. The number of hydrogen-bond acceptors (Lipinski definition) is 14. The van der Waals surface area contributed by atoms with E-state index in [-0.39, 0.29) is 67.4 Å². The van der Waals surface area contributed by atoms with Crippen molar-refractivity contribution in [2.75, 3.05) is 63.3 Å². The van der Waals surface area contributed by atoms with E-state index in [2.05, 4.69) is 127 Å². The third-order valence-electron chi connectivity index (χ3n) is 7.53. The zero-order chi connectivity index (χ0) is 37.3. The normalized spacial score (nSPS) is 17.9. The number of nitrogens with one attached hydrogen (secondary N) is 4. The Bertz CT molecular complexity index is 1250. The van der Waals surface area contributed by atoms with Crippen molar-refractivity contribution in [1.29, 1.82) is 0 Å². The smallest absolute Gasteiger partial charge is 0.164 e. The highest BCUT2D eigenvalue weighted by Crippen LogP contribution is 2.18. The van der Waals surface area contributed by atoms with E-state index in [9.17, 15) is 19.2 Å². The molecule has 8 N–H and O–H groups in total. The first kappa shape index (κ1) is 47.3. The number of alkyl halides is 2. The lowest BCUT2D eigenvalue weighted by molar-refractivity contribution is -0.122. The highest BCUT2D eigenvalue weighted by molar-refractivity contribution is 9.08. The molecule has 0 radical (unpaired) electrons. The van der Waals surface area contributed by atoms with Crippen LogP contribution >= 0.6 is 80.6 Å². The van der Waals surface area contributed by atoms with Gasteiger partial charge in [0, 0.05) is 45.2 Å². The molecule has 0 aliphatic carbocycles. The summed E-state index contributed by atoms with van der Waals surface area (Å²) in [6.07, 6.45) is 0. The van der Waals surface area contributed by atoms with Gasteiger partial charge in [0.1, 0.15) is 0 Å². The molecule has 0 unspecified atom stereocenters. The van der Waals surface area contributed by atoms with Gasteiger partial charge in [-0.15, -0.1) is 0 Å². The summed E-state index contributed by atoms with van der Waals surface area (Å²) in [4.78, 5) is 47.3. The van der Waals surface area contributed by atoms with Crippen LogP contribution in [0.25, 0.3) is 0 Å². The molecule has 50 heavy (non-hydrogen) atoms. The quantitative estimate of drug-likeness (QED) is 0.103. The molecule has 280 valence electrons. The van der Waals surface area contributed by atoms with Gasteiger partial charge in [0.2, 0.25) is 0 Å². The number of ketones is 4. The van der Waals surface area contributed by atoms with Crippen molar-refractivity contribution in [3.8, 4) is 0 Å². The minimum Gasteiger partial charge on any atom is -0.324 e. The van der Waals surface area contributed by atoms with E-state index < -0.39 is 6.04 Å². The first-order valence-corrected chi connectivity index (χ1v) is 21.9. The number of rotatable bonds is 14. The molecule has 0 amide bonds. The summed E-state index contributed by atoms with van der Waals surface area (Å²) >= 11 is 18.3. The molecule has 0 saturated carbocycles. The second-order valence-corrected chi connectivity index (χ2v) is 15.0. The molecule has 2 bridgehead atoms.